The van der Waals surface area contributed by atoms with Crippen LogP contribution in [-0.2, 0) is 51.9 Å². The van der Waals surface area contributed by atoms with Crippen molar-refractivity contribution < 1.29 is 92.5 Å². The predicted octanol–water partition coefficient (Wildman–Crippen LogP) is -1.86. The summed E-state index contributed by atoms with van der Waals surface area (Å²) in [6, 6.07) is -3.43. The number of nitrogens with zero attached hydrogens (tertiary/aromatic N) is 3. The number of ether oxygens (including phenoxy) is 6. The molecule has 16 atom stereocenters. The number of aliphatic hydroxyl groups is 7. The van der Waals surface area contributed by atoms with Gasteiger partial charge in [-0.25, -0.2) is 0 Å². The Kier molecular flexibility index (Phi) is 23.0. The highest BCUT2D eigenvalue weighted by Crippen LogP contribution is 2.53. The molecule has 3 rings (SSSR count). The summed E-state index contributed by atoms with van der Waals surface area (Å²) in [6.45, 7) is 5.94. The molecule has 3 heterocycles. The SMILES string of the molecule is CC(=O)NC1[C@H](OC2[C@@H](O)[C@@H](O)C(C(N)=O)O[C@H]2P(=O)(O)OCCOC/C=C(/C)CC/C=C(\C)CCC=C(C)C)OC(CO)[C@@H](O[C@@H]2OC(CO)[C@H](O)[C@H](O)C2NC(=O)CN=[N+]=[N-])[C@@H]1O. The lowest BCUT2D eigenvalue weighted by molar-refractivity contribution is -0.345. The fourth-order valence-electron chi connectivity index (χ4n) is 7.15. The Morgan fingerprint density at radius 1 is 0.769 bits per heavy atom. The number of aliphatic hydroxyl groups excluding tert-OH is 7. The molecule has 7 unspecified atom stereocenters. The number of primary amides is 1. The van der Waals surface area contributed by atoms with Crippen LogP contribution in [0, 0.1) is 0 Å². The van der Waals surface area contributed by atoms with E-state index in [0.717, 1.165) is 38.2 Å². The van der Waals surface area contributed by atoms with Gasteiger partial charge in [-0.05, 0) is 58.9 Å². The lowest BCUT2D eigenvalue weighted by Gasteiger charge is -2.49. The minimum Gasteiger partial charge on any atom is -0.394 e. The van der Waals surface area contributed by atoms with Crippen LogP contribution < -0.4 is 16.4 Å². The lowest BCUT2D eigenvalue weighted by Crippen LogP contribution is -2.70. The first-order valence-electron chi connectivity index (χ1n) is 20.9. The van der Waals surface area contributed by atoms with Gasteiger partial charge in [0.25, 0.3) is 0 Å². The number of hydrogen-bond donors (Lipinski definition) is 11. The molecule has 65 heavy (non-hydrogen) atoms. The fraction of sp³-hybridized carbons (Fsp3) is 0.769. The number of hydrogen-bond acceptors (Lipinski definition) is 19. The fourth-order valence-corrected chi connectivity index (χ4v) is 8.53. The molecule has 3 amide bonds. The molecule has 0 saturated carbocycles. The van der Waals surface area contributed by atoms with Gasteiger partial charge in [0.15, 0.2) is 24.5 Å². The number of nitrogens with one attached hydrogen (secondary N) is 2. The van der Waals surface area contributed by atoms with Gasteiger partial charge in [0.05, 0.1) is 33.0 Å². The van der Waals surface area contributed by atoms with Gasteiger partial charge in [-0.1, -0.05) is 40.1 Å². The highest BCUT2D eigenvalue weighted by Gasteiger charge is 2.58. The van der Waals surface area contributed by atoms with Crippen LogP contribution in [0.2, 0.25) is 0 Å². The summed E-state index contributed by atoms with van der Waals surface area (Å²) in [5, 5.41) is 83.0. The number of carbonyl (C=O) groups excluding carboxylic acids is 3. The molecule has 3 aliphatic rings. The van der Waals surface area contributed by atoms with Gasteiger partial charge in [0, 0.05) is 11.8 Å². The molecular weight excluding hydrogens is 887 g/mol. The Hall–Kier alpha value is -3.43. The zero-order valence-electron chi connectivity index (χ0n) is 36.9. The molecule has 3 aliphatic heterocycles. The lowest BCUT2D eigenvalue weighted by atomic mass is 9.94. The first-order valence-corrected chi connectivity index (χ1v) is 22.6. The molecule has 0 bridgehead atoms. The standard InChI is InChI=1S/C39H65N6O19P/c1-19(2)8-6-9-20(3)10-7-11-21(4)12-13-58-14-15-59-65(56,57)39-35(32(54)31(53)34(64-39)36(40)55)63-38-27(43-22(5)48)30(52)33(24(18-47)61-38)62-37-26(44-25(49)16-42-45-41)29(51)28(50)23(17-46)60-37/h8,10,12,23-24,26-35,37-39,46-47,50-54H,6-7,9,11,13-18H2,1-5H3,(H2,40,55)(H,43,48)(H,44,49)(H,56,57)/b20-10+,21-12-/t23?,24?,26?,27?,28-,29+,30+,31+,32-,33+,34?,35?,37-,38-,39-/m0/s1. The molecule has 370 valence electrons. The van der Waals surface area contributed by atoms with Crippen molar-refractivity contribution in [3.8, 4) is 0 Å². The smallest absolute Gasteiger partial charge is 0.359 e. The van der Waals surface area contributed by atoms with E-state index in [1.807, 2.05) is 13.0 Å². The van der Waals surface area contributed by atoms with E-state index < -0.39 is 143 Å². The number of amides is 3. The van der Waals surface area contributed by atoms with Crippen LogP contribution in [-0.4, -0.2) is 189 Å². The van der Waals surface area contributed by atoms with Crippen molar-refractivity contribution in [2.45, 2.75) is 152 Å². The third-order valence-corrected chi connectivity index (χ3v) is 12.2. The summed E-state index contributed by atoms with van der Waals surface area (Å²) in [5.74, 6) is -5.41. The summed E-state index contributed by atoms with van der Waals surface area (Å²) < 4.78 is 53.3. The van der Waals surface area contributed by atoms with E-state index in [-0.39, 0.29) is 13.2 Å². The zero-order chi connectivity index (χ0) is 48.6. The van der Waals surface area contributed by atoms with Crippen LogP contribution in [0.25, 0.3) is 10.4 Å². The van der Waals surface area contributed by atoms with E-state index >= 15 is 0 Å². The van der Waals surface area contributed by atoms with Gasteiger partial charge in [-0.2, -0.15) is 0 Å². The van der Waals surface area contributed by atoms with Crippen LogP contribution in [0.5, 0.6) is 0 Å². The number of rotatable bonds is 24. The summed E-state index contributed by atoms with van der Waals surface area (Å²) in [7, 11) is -5.16. The van der Waals surface area contributed by atoms with Gasteiger partial charge in [-0.15, -0.1) is 0 Å². The van der Waals surface area contributed by atoms with Crippen molar-refractivity contribution in [3.63, 3.8) is 0 Å². The largest absolute Gasteiger partial charge is 0.394 e. The average Bonchev–Trinajstić information content (AvgIpc) is 3.24. The van der Waals surface area contributed by atoms with Gasteiger partial charge in [0.2, 0.25) is 17.7 Å². The second kappa shape index (κ2) is 26.8. The second-order valence-electron chi connectivity index (χ2n) is 16.1. The van der Waals surface area contributed by atoms with Crippen molar-refractivity contribution >= 4 is 25.3 Å². The van der Waals surface area contributed by atoms with Crippen LogP contribution in [0.3, 0.4) is 0 Å². The van der Waals surface area contributed by atoms with Crippen molar-refractivity contribution in [3.05, 3.63) is 45.4 Å². The molecular formula is C39H65N6O19P. The monoisotopic (exact) mass is 952 g/mol. The quantitative estimate of drug-likeness (QED) is 0.0126. The maximum absolute atomic E-state index is 13.8. The summed E-state index contributed by atoms with van der Waals surface area (Å²) >= 11 is 0. The first kappa shape index (κ1) is 55.9. The average molecular weight is 953 g/mol. The minimum absolute atomic E-state index is 0.140. The van der Waals surface area contributed by atoms with E-state index in [1.54, 1.807) is 0 Å². The summed E-state index contributed by atoms with van der Waals surface area (Å²) in [5.41, 5.74) is 17.6. The molecule has 0 radical (unpaired) electrons. The minimum atomic E-state index is -5.16. The maximum atomic E-state index is 13.8. The van der Waals surface area contributed by atoms with E-state index in [9.17, 15) is 59.6 Å². The van der Waals surface area contributed by atoms with E-state index in [4.69, 9.17) is 44.2 Å². The van der Waals surface area contributed by atoms with Crippen LogP contribution >= 0.6 is 7.60 Å². The molecule has 25 nitrogen and oxygen atoms in total. The number of nitrogens with two attached hydrogens (primary N) is 1. The van der Waals surface area contributed by atoms with Gasteiger partial charge in [-0.3, -0.25) is 18.9 Å². The summed E-state index contributed by atoms with van der Waals surface area (Å²) in [4.78, 5) is 50.8. The first-order chi connectivity index (χ1) is 30.7. The van der Waals surface area contributed by atoms with Crippen molar-refractivity contribution in [1.29, 1.82) is 0 Å². The number of carbonyl (C=O) groups is 3. The topological polar surface area (TPSA) is 394 Å². The van der Waals surface area contributed by atoms with Crippen molar-refractivity contribution in [1.82, 2.24) is 10.6 Å². The molecule has 0 spiro atoms. The van der Waals surface area contributed by atoms with Crippen LogP contribution in [0.4, 0.5) is 0 Å². The Morgan fingerprint density at radius 2 is 1.35 bits per heavy atom. The van der Waals surface area contributed by atoms with E-state index in [0.29, 0.717) is 0 Å². The van der Waals surface area contributed by atoms with E-state index in [1.165, 1.54) is 11.1 Å². The molecule has 3 saturated heterocycles. The summed E-state index contributed by atoms with van der Waals surface area (Å²) in [6.07, 6.45) is -13.3. The number of azide groups is 1. The van der Waals surface area contributed by atoms with E-state index in [2.05, 4.69) is 53.6 Å². The maximum Gasteiger partial charge on any atom is 0.359 e. The third kappa shape index (κ3) is 16.4. The zero-order valence-corrected chi connectivity index (χ0v) is 37.8. The molecule has 12 N–H and O–H groups in total. The Labute approximate surface area is 375 Å². The Balaban J connectivity index is 1.79. The molecule has 0 aromatic heterocycles. The van der Waals surface area contributed by atoms with Gasteiger partial charge >= 0.3 is 7.60 Å². The van der Waals surface area contributed by atoms with Crippen LogP contribution in [0.1, 0.15) is 60.3 Å². The van der Waals surface area contributed by atoms with Crippen LogP contribution in [0.15, 0.2) is 40.1 Å². The molecule has 26 heteroatoms. The molecule has 0 aromatic carbocycles. The molecule has 3 fully saturated rings. The van der Waals surface area contributed by atoms with Gasteiger partial charge < -0.3 is 90.0 Å². The van der Waals surface area contributed by atoms with Crippen molar-refractivity contribution in [2.75, 3.05) is 39.6 Å². The molecule has 0 aromatic rings. The van der Waals surface area contributed by atoms with Gasteiger partial charge in [0.1, 0.15) is 73.6 Å². The predicted molar refractivity (Wildman–Crippen MR) is 225 cm³/mol. The Bertz CT molecular complexity index is 1760. The van der Waals surface area contributed by atoms with Crippen molar-refractivity contribution in [2.24, 2.45) is 10.8 Å². The molecule has 0 aliphatic carbocycles. The Morgan fingerprint density at radius 3 is 1.94 bits per heavy atom. The highest BCUT2D eigenvalue weighted by atomic mass is 31.2. The third-order valence-electron chi connectivity index (χ3n) is 10.6. The normalized spacial score (nSPS) is 34.1. The highest BCUT2D eigenvalue weighted by molar-refractivity contribution is 7.53. The second-order valence-corrected chi connectivity index (χ2v) is 18.0. The number of allylic oxidation sites excluding steroid dienone is 5.